The molecule has 8 heteroatoms. The van der Waals surface area contributed by atoms with Gasteiger partial charge in [-0.3, -0.25) is 15.1 Å². The molecule has 2 aromatic carbocycles. The Morgan fingerprint density at radius 1 is 1.06 bits per heavy atom. The van der Waals surface area contributed by atoms with Crippen molar-refractivity contribution in [1.29, 1.82) is 0 Å². The molecule has 34 heavy (non-hydrogen) atoms. The number of aryl methyl sites for hydroxylation is 1. The molecule has 2 aromatic heterocycles. The third-order valence-corrected chi connectivity index (χ3v) is 4.91. The summed E-state index contributed by atoms with van der Waals surface area (Å²) in [5.41, 5.74) is 5.92. The number of benzene rings is 2. The summed E-state index contributed by atoms with van der Waals surface area (Å²) in [5.74, 6) is 1.44. The van der Waals surface area contributed by atoms with E-state index in [1.165, 1.54) is 0 Å². The van der Waals surface area contributed by atoms with Crippen LogP contribution < -0.4 is 10.2 Å². The highest BCUT2D eigenvalue weighted by molar-refractivity contribution is 5.73. The second-order valence-corrected chi connectivity index (χ2v) is 7.40. The van der Waals surface area contributed by atoms with Crippen LogP contribution >= 0.6 is 0 Å². The van der Waals surface area contributed by atoms with Crippen molar-refractivity contribution in [2.75, 3.05) is 0 Å². The van der Waals surface area contributed by atoms with Crippen molar-refractivity contribution in [2.24, 2.45) is 0 Å². The number of hydrogen-bond donors (Lipinski definition) is 2. The maximum atomic E-state index is 10.9. The third kappa shape index (κ3) is 6.14. The molecule has 0 unspecified atom stereocenters. The summed E-state index contributed by atoms with van der Waals surface area (Å²) >= 11 is 0. The van der Waals surface area contributed by atoms with Crippen LogP contribution in [0.1, 0.15) is 29.0 Å². The molecule has 0 saturated heterocycles. The minimum Gasteiger partial charge on any atom is -0.487 e. The number of aliphatic carboxylic acids is 1. The van der Waals surface area contributed by atoms with Crippen molar-refractivity contribution >= 4 is 11.7 Å². The van der Waals surface area contributed by atoms with Gasteiger partial charge in [0.2, 0.25) is 0 Å². The van der Waals surface area contributed by atoms with Crippen molar-refractivity contribution in [1.82, 2.24) is 10.5 Å². The van der Waals surface area contributed by atoms with E-state index < -0.39 is 5.97 Å². The van der Waals surface area contributed by atoms with Crippen molar-refractivity contribution in [2.45, 2.75) is 26.6 Å². The number of carbonyl (C=O) groups is 1. The minimum atomic E-state index is -0.913. The Kier molecular flexibility index (Phi) is 7.42. The predicted octanol–water partition coefficient (Wildman–Crippen LogP) is 5.36. The molecule has 4 aromatic rings. The number of oxazole rings is 1. The fourth-order valence-corrected chi connectivity index (χ4v) is 3.12. The van der Waals surface area contributed by atoms with Crippen LogP contribution in [-0.4, -0.2) is 16.1 Å². The van der Waals surface area contributed by atoms with E-state index in [0.29, 0.717) is 34.6 Å². The maximum absolute atomic E-state index is 10.9. The average Bonchev–Trinajstić information content (AvgIpc) is 3.51. The van der Waals surface area contributed by atoms with E-state index in [-0.39, 0.29) is 19.6 Å². The lowest BCUT2D eigenvalue weighted by Gasteiger charge is -2.12. The molecule has 4 rings (SSSR count). The summed E-state index contributed by atoms with van der Waals surface area (Å²) in [4.78, 5) is 21.0. The summed E-state index contributed by atoms with van der Waals surface area (Å²) in [6.45, 7) is 2.38. The quantitative estimate of drug-likeness (QED) is 0.288. The van der Waals surface area contributed by atoms with Crippen LogP contribution in [0.4, 0.5) is 0 Å². The lowest BCUT2D eigenvalue weighted by molar-refractivity contribution is -0.136. The Morgan fingerprint density at radius 3 is 2.56 bits per heavy atom. The Balaban J connectivity index is 1.30. The smallest absolute Gasteiger partial charge is 0.307 e. The van der Waals surface area contributed by atoms with E-state index in [2.05, 4.69) is 10.5 Å². The van der Waals surface area contributed by atoms with E-state index in [0.717, 1.165) is 11.1 Å². The number of nitrogens with one attached hydrogen (secondary N) is 1. The largest absolute Gasteiger partial charge is 0.487 e. The first-order chi connectivity index (χ1) is 16.6. The number of hydroxylamine groups is 1. The fourth-order valence-electron chi connectivity index (χ4n) is 3.12. The van der Waals surface area contributed by atoms with Crippen molar-refractivity contribution in [3.63, 3.8) is 0 Å². The monoisotopic (exact) mass is 460 g/mol. The second-order valence-electron chi connectivity index (χ2n) is 7.40. The van der Waals surface area contributed by atoms with Crippen LogP contribution in [0.25, 0.3) is 17.3 Å². The van der Waals surface area contributed by atoms with Crippen LogP contribution in [0.15, 0.2) is 87.9 Å². The molecular weight excluding hydrogens is 436 g/mol. The fraction of sp³-hybridized carbons (Fsp3) is 0.154. The molecule has 0 aliphatic heterocycles. The van der Waals surface area contributed by atoms with Gasteiger partial charge in [-0.15, -0.1) is 0 Å². The van der Waals surface area contributed by atoms with Gasteiger partial charge in [-0.05, 0) is 48.4 Å². The number of carboxylic acids is 1. The molecule has 2 heterocycles. The Bertz CT molecular complexity index is 1230. The normalized spacial score (nSPS) is 11.4. The summed E-state index contributed by atoms with van der Waals surface area (Å²) < 4.78 is 16.8. The highest BCUT2D eigenvalue weighted by Gasteiger charge is 2.14. The molecule has 0 amide bonds. The number of aromatic nitrogens is 1. The van der Waals surface area contributed by atoms with Crippen LogP contribution in [0.3, 0.4) is 0 Å². The van der Waals surface area contributed by atoms with Crippen LogP contribution in [0.2, 0.25) is 0 Å². The van der Waals surface area contributed by atoms with Gasteiger partial charge in [-0.25, -0.2) is 4.98 Å². The van der Waals surface area contributed by atoms with E-state index >= 15 is 0 Å². The van der Waals surface area contributed by atoms with Gasteiger partial charge < -0.3 is 18.7 Å². The molecule has 8 nitrogen and oxygen atoms in total. The number of rotatable bonds is 11. The molecule has 0 spiro atoms. The van der Waals surface area contributed by atoms with Gasteiger partial charge in [-0.1, -0.05) is 42.5 Å². The molecule has 0 fully saturated rings. The zero-order chi connectivity index (χ0) is 23.8. The summed E-state index contributed by atoms with van der Waals surface area (Å²) in [5, 5.41) is 8.98. The first-order valence-corrected chi connectivity index (χ1v) is 10.7. The molecular formula is C26H24N2O6. The highest BCUT2D eigenvalue weighted by atomic mass is 16.6. The standard InChI is InChI=1S/C26H24N2O6/c1-18-23(27-26(34-18)24-8-5-15-31-24)17-32-21-11-9-19(10-12-21)16-33-28-22(13-14-25(29)30)20-6-3-2-4-7-20/h2-13,15,28H,14,16-17H2,1H3,(H,29,30). The zero-order valence-electron chi connectivity index (χ0n) is 18.6. The molecule has 0 aliphatic carbocycles. The number of nitrogens with zero attached hydrogens (tertiary/aromatic N) is 1. The SMILES string of the molecule is Cc1oc(-c2ccco2)nc1COc1ccc(CONC(=CCC(=O)O)c2ccccc2)cc1. The van der Waals surface area contributed by atoms with E-state index in [1.54, 1.807) is 24.5 Å². The maximum Gasteiger partial charge on any atom is 0.307 e. The molecule has 0 atom stereocenters. The summed E-state index contributed by atoms with van der Waals surface area (Å²) in [6.07, 6.45) is 3.04. The van der Waals surface area contributed by atoms with Gasteiger partial charge in [0.05, 0.1) is 25.0 Å². The number of hydrogen-bond acceptors (Lipinski definition) is 7. The average molecular weight is 460 g/mol. The molecule has 0 aliphatic rings. The van der Waals surface area contributed by atoms with Gasteiger partial charge in [-0.2, -0.15) is 0 Å². The van der Waals surface area contributed by atoms with Crippen LogP contribution in [0, 0.1) is 6.92 Å². The Hall–Kier alpha value is -4.30. The number of carboxylic acid groups (broad SMARTS) is 1. The molecule has 2 N–H and O–H groups in total. The van der Waals surface area contributed by atoms with Gasteiger partial charge in [0, 0.05) is 0 Å². The molecule has 0 bridgehead atoms. The zero-order valence-corrected chi connectivity index (χ0v) is 18.6. The van der Waals surface area contributed by atoms with Crippen LogP contribution in [-0.2, 0) is 22.8 Å². The Labute approximate surface area is 196 Å². The summed E-state index contributed by atoms with van der Waals surface area (Å²) in [6, 6.07) is 20.5. The topological polar surface area (TPSA) is 107 Å². The van der Waals surface area contributed by atoms with E-state index in [4.69, 9.17) is 23.5 Å². The van der Waals surface area contributed by atoms with Gasteiger partial charge >= 0.3 is 5.97 Å². The molecule has 0 saturated carbocycles. The van der Waals surface area contributed by atoms with Gasteiger partial charge in [0.25, 0.3) is 5.89 Å². The Morgan fingerprint density at radius 2 is 1.85 bits per heavy atom. The summed E-state index contributed by atoms with van der Waals surface area (Å²) in [7, 11) is 0. The highest BCUT2D eigenvalue weighted by Crippen LogP contribution is 2.23. The second kappa shape index (κ2) is 11.0. The predicted molar refractivity (Wildman–Crippen MR) is 124 cm³/mol. The lowest BCUT2D eigenvalue weighted by atomic mass is 10.1. The first-order valence-electron chi connectivity index (χ1n) is 10.7. The van der Waals surface area contributed by atoms with Gasteiger partial charge in [0.15, 0.2) is 5.76 Å². The third-order valence-electron chi connectivity index (χ3n) is 4.91. The van der Waals surface area contributed by atoms with Gasteiger partial charge in [0.1, 0.15) is 23.8 Å². The van der Waals surface area contributed by atoms with Crippen molar-refractivity contribution in [3.05, 3.63) is 102 Å². The number of furan rings is 1. The lowest BCUT2D eigenvalue weighted by Crippen LogP contribution is -2.13. The van der Waals surface area contributed by atoms with E-state index in [9.17, 15) is 4.79 Å². The van der Waals surface area contributed by atoms with Crippen LogP contribution in [0.5, 0.6) is 5.75 Å². The minimum absolute atomic E-state index is 0.110. The first kappa shape index (κ1) is 22.9. The molecule has 0 radical (unpaired) electrons. The van der Waals surface area contributed by atoms with Crippen molar-refractivity contribution < 1.29 is 28.3 Å². The van der Waals surface area contributed by atoms with Crippen molar-refractivity contribution in [3.8, 4) is 17.4 Å². The van der Waals surface area contributed by atoms with E-state index in [1.807, 2.05) is 61.5 Å². The molecule has 174 valence electrons. The number of ether oxygens (including phenoxy) is 1.